The molecule has 10 aromatic carbocycles. The molecule has 3 aliphatic heterocycles. The zero-order valence-electron chi connectivity index (χ0n) is 69.5. The minimum Gasteiger partial charge on any atom is -0.370 e. The van der Waals surface area contributed by atoms with Crippen molar-refractivity contribution >= 4 is 97.1 Å². The summed E-state index contributed by atoms with van der Waals surface area (Å²) in [5, 5.41) is 26.2. The van der Waals surface area contributed by atoms with Gasteiger partial charge in [0.25, 0.3) is 11.8 Å². The minimum absolute atomic E-state index is 0.0000396. The monoisotopic (exact) mass is 1680 g/mol. The molecule has 0 unspecified atom stereocenters. The lowest BCUT2D eigenvalue weighted by molar-refractivity contribution is -0.134. The second kappa shape index (κ2) is 45.4. The Morgan fingerprint density at radius 1 is 0.455 bits per heavy atom. The number of carbonyl (C=O) groups is 6. The van der Waals surface area contributed by atoms with Crippen molar-refractivity contribution in [3.05, 3.63) is 315 Å². The lowest BCUT2D eigenvalue weighted by atomic mass is 9.90. The van der Waals surface area contributed by atoms with Crippen LogP contribution in [0.15, 0.2) is 265 Å². The van der Waals surface area contributed by atoms with Crippen LogP contribution in [-0.4, -0.2) is 170 Å². The third kappa shape index (κ3) is 26.7. The normalized spacial score (nSPS) is 17.5. The number of fused-ring (bicyclic) bond motifs is 3. The number of amides is 6. The minimum atomic E-state index is -0.536. The van der Waals surface area contributed by atoms with E-state index in [9.17, 15) is 37.5 Å². The van der Waals surface area contributed by atoms with E-state index in [4.69, 9.17) is 28.7 Å². The van der Waals surface area contributed by atoms with Crippen LogP contribution in [0.4, 0.5) is 8.78 Å². The fourth-order valence-electron chi connectivity index (χ4n) is 16.0. The van der Waals surface area contributed by atoms with E-state index in [-0.39, 0.29) is 101 Å². The number of thiophene rings is 1. The molecule has 640 valence electrons. The number of nitrogens with two attached hydrogens (primary N) is 5. The highest BCUT2D eigenvalue weighted by molar-refractivity contribution is 7.12. The summed E-state index contributed by atoms with van der Waals surface area (Å²) in [7, 11) is 0. The summed E-state index contributed by atoms with van der Waals surface area (Å²) < 4.78 is 27.6. The summed E-state index contributed by atoms with van der Waals surface area (Å²) in [5.74, 6) is -1.26. The quantitative estimate of drug-likeness (QED) is 0.00833. The van der Waals surface area contributed by atoms with Crippen molar-refractivity contribution in [1.29, 1.82) is 0 Å². The van der Waals surface area contributed by atoms with Crippen LogP contribution in [0.25, 0.3) is 38.4 Å². The van der Waals surface area contributed by atoms with Crippen LogP contribution in [0, 0.1) is 18.6 Å². The van der Waals surface area contributed by atoms with Crippen molar-refractivity contribution in [2.75, 3.05) is 72.0 Å². The van der Waals surface area contributed by atoms with Crippen molar-refractivity contribution < 1.29 is 37.5 Å². The van der Waals surface area contributed by atoms with E-state index >= 15 is 0 Å². The number of hydrogen-bond acceptors (Lipinski definition) is 13. The Labute approximate surface area is 722 Å². The summed E-state index contributed by atoms with van der Waals surface area (Å²) >= 11 is 1.66. The van der Waals surface area contributed by atoms with Gasteiger partial charge in [-0.05, 0) is 204 Å². The van der Waals surface area contributed by atoms with Crippen molar-refractivity contribution in [3.63, 3.8) is 0 Å². The number of carbonyl (C=O) groups excluding carboxylic acids is 6. The molecule has 6 atom stereocenters. The molecule has 22 nitrogen and oxygen atoms in total. The Morgan fingerprint density at radius 3 is 1.26 bits per heavy atom. The summed E-state index contributed by atoms with van der Waals surface area (Å²) in [6.45, 7) is 7.77. The number of aliphatic imine (C=N–C) groups is 2. The van der Waals surface area contributed by atoms with Crippen molar-refractivity contribution in [1.82, 2.24) is 46.6 Å². The molecule has 14 rings (SSSR count). The molecule has 123 heavy (non-hydrogen) atoms. The average molecular weight is 1680 g/mol. The van der Waals surface area contributed by atoms with Gasteiger partial charge in [0.1, 0.15) is 11.6 Å². The maximum Gasteiger partial charge on any atom is 0.251 e. The first-order valence-electron chi connectivity index (χ1n) is 42.4. The van der Waals surface area contributed by atoms with Crippen LogP contribution in [0.2, 0.25) is 0 Å². The van der Waals surface area contributed by atoms with Gasteiger partial charge in [-0.1, -0.05) is 182 Å². The summed E-state index contributed by atoms with van der Waals surface area (Å²) in [6.07, 6.45) is 9.26. The van der Waals surface area contributed by atoms with Crippen LogP contribution in [0.1, 0.15) is 128 Å². The Morgan fingerprint density at radius 2 is 0.837 bits per heavy atom. The molecule has 0 bridgehead atoms. The second-order valence-corrected chi connectivity index (χ2v) is 32.9. The van der Waals surface area contributed by atoms with Crippen molar-refractivity contribution in [2.45, 2.75) is 119 Å². The first kappa shape index (κ1) is 89.7. The number of guanidine groups is 2. The van der Waals surface area contributed by atoms with Crippen LogP contribution in [0.3, 0.4) is 0 Å². The second-order valence-electron chi connectivity index (χ2n) is 31.6. The topological polar surface area (TPSA) is 339 Å². The Bertz CT molecular complexity index is 5340. The number of nitrogens with zero attached hydrogens (tertiary/aromatic N) is 5. The van der Waals surface area contributed by atoms with Gasteiger partial charge in [0, 0.05) is 129 Å². The van der Waals surface area contributed by atoms with Gasteiger partial charge in [-0.25, -0.2) is 8.78 Å². The van der Waals surface area contributed by atoms with Gasteiger partial charge < -0.3 is 75.3 Å². The van der Waals surface area contributed by atoms with E-state index in [1.807, 2.05) is 162 Å². The maximum absolute atomic E-state index is 14.0. The lowest BCUT2D eigenvalue weighted by Gasteiger charge is -2.29. The highest BCUT2D eigenvalue weighted by Crippen LogP contribution is 2.31. The zero-order chi connectivity index (χ0) is 86.4. The molecule has 0 aliphatic carbocycles. The van der Waals surface area contributed by atoms with Gasteiger partial charge in [-0.3, -0.25) is 38.8 Å². The van der Waals surface area contributed by atoms with Gasteiger partial charge in [0.2, 0.25) is 23.6 Å². The van der Waals surface area contributed by atoms with Crippen molar-refractivity contribution in [3.8, 4) is 0 Å². The zero-order valence-corrected chi connectivity index (χ0v) is 70.3. The number of nitrogens with one attached hydrogen (secondary N) is 6. The lowest BCUT2D eigenvalue weighted by Crippen LogP contribution is -2.49. The molecule has 0 radical (unpaired) electrons. The largest absolute Gasteiger partial charge is 0.370 e. The van der Waals surface area contributed by atoms with Crippen LogP contribution >= 0.6 is 11.3 Å². The van der Waals surface area contributed by atoms with Gasteiger partial charge >= 0.3 is 0 Å². The molecule has 3 saturated heterocycles. The van der Waals surface area contributed by atoms with Crippen LogP contribution < -0.4 is 60.6 Å². The van der Waals surface area contributed by atoms with Crippen LogP contribution in [-0.2, 0) is 25.7 Å². The van der Waals surface area contributed by atoms with Crippen LogP contribution in [0.5, 0.6) is 0 Å². The molecule has 25 heteroatoms. The maximum atomic E-state index is 14.0. The molecule has 1 aromatic heterocycles. The number of rotatable bonds is 31. The molecular weight excluding hydrogens is 1570 g/mol. The average Bonchev–Trinajstić information content (AvgIpc) is 1.82. The third-order valence-electron chi connectivity index (χ3n) is 22.6. The molecule has 11 aromatic rings. The third-order valence-corrected chi connectivity index (χ3v) is 23.6. The van der Waals surface area contributed by atoms with E-state index in [0.717, 1.165) is 67.8 Å². The standard InChI is InChI=1S/C35H38F2N6O2.C32H36N6O2.C31H38N4O2S/c36-28-13-9-24(10-14-28)31(25-11-15-29(37)16-12-25)22-43-19-17-30(42-32(34(43)45)6-3-18-40-35(38)39)21-41-33(44)27-8-7-23-4-1-2-5-26(23)20-27;33-32(34)35-16-5-10-29-31(40)38(21-22-11-12-23-6-1-3-8-25(23)18-22)17-15-28(37-29)20-36-30(39)27-14-13-24-7-2-4-9-26(24)19-27;1-23-14-15-27(38-23)16-17-30(36)33-21-26-18-20-35(31(37)29(34-26)13-8-19-32)22-28(24-9-4-2-5-10-24)25-11-6-3-7-12-25/h1-2,4-5,7-16,20,30-32,42H,3,6,17-19,21-22H2,(H,41,44)(H4,38,39,40);1-4,6-9,11-14,18-19,28-29,37H,5,10,15-17,20-21H2,(H,36,39)(H4,33,34,35);2-7,9-12,14-17,26,28-29,34H,8,13,18-22,32H2,1H3,(H,33,36)/b;;17-16+/t30-,32-;28-,29-;26-,29-/m000/s1. The van der Waals surface area contributed by atoms with E-state index < -0.39 is 6.04 Å². The Hall–Kier alpha value is -12.5. The summed E-state index contributed by atoms with van der Waals surface area (Å²) in [5.41, 5.74) is 34.0. The molecule has 6 amide bonds. The van der Waals surface area contributed by atoms with E-state index in [2.05, 4.69) is 96.5 Å². The number of hydrogen-bond donors (Lipinski definition) is 11. The van der Waals surface area contributed by atoms with E-state index in [1.165, 1.54) is 45.7 Å². The fraction of sp³-hybridized carbons (Fsp3) is 0.306. The Balaban J connectivity index is 0.000000169. The smallest absolute Gasteiger partial charge is 0.251 e. The Kier molecular flexibility index (Phi) is 33.1. The molecule has 4 heterocycles. The predicted molar refractivity (Wildman–Crippen MR) is 490 cm³/mol. The van der Waals surface area contributed by atoms with Gasteiger partial charge in [-0.2, -0.15) is 0 Å². The molecular formula is C98H112F2N16O6S. The van der Waals surface area contributed by atoms with E-state index in [1.54, 1.807) is 52.6 Å². The van der Waals surface area contributed by atoms with Crippen molar-refractivity contribution in [2.24, 2.45) is 38.7 Å². The molecule has 3 fully saturated rings. The van der Waals surface area contributed by atoms with Gasteiger partial charge in [-0.15, -0.1) is 11.3 Å². The molecule has 0 saturated carbocycles. The molecule has 0 spiro atoms. The molecule has 16 N–H and O–H groups in total. The first-order valence-corrected chi connectivity index (χ1v) is 43.2. The summed E-state index contributed by atoms with van der Waals surface area (Å²) in [4.78, 5) is 96.1. The van der Waals surface area contributed by atoms with Gasteiger partial charge in [0.05, 0.1) is 18.1 Å². The highest BCUT2D eigenvalue weighted by Gasteiger charge is 2.36. The summed E-state index contributed by atoms with van der Waals surface area (Å²) in [6, 6.07) is 77.4. The first-order chi connectivity index (χ1) is 59.7. The SMILES string of the molecule is Cc1ccc(/C=C/C(=O)NC[C@@H]2CCN(CC(c3ccccc3)c3ccccc3)C(=O)[C@H](CCCN)N2)s1.NC(N)=NCCC[C@@H]1N[C@H](CNC(=O)c2ccc3ccccc3c2)CCN(CC(c2ccc(F)cc2)c2ccc(F)cc2)C1=O.NC(N)=NCCC[C@@H]1N[C@H](CNC(=O)c2ccc3ccccc3c2)CCN(Cc2ccc3ccccc3c2)C1=O. The van der Waals surface area contributed by atoms with E-state index in [0.29, 0.717) is 128 Å². The molecule has 3 aliphatic rings. The predicted octanol–water partition coefficient (Wildman–Crippen LogP) is 12.1. The highest BCUT2D eigenvalue weighted by atomic mass is 32.1. The number of aryl methyl sites for hydroxylation is 1. The number of halogens is 2. The number of benzene rings is 10. The van der Waals surface area contributed by atoms with Gasteiger partial charge in [0.15, 0.2) is 11.9 Å². The fourth-order valence-corrected chi connectivity index (χ4v) is 16.8.